The first-order valence-corrected chi connectivity index (χ1v) is 5.99. The lowest BCUT2D eigenvalue weighted by atomic mass is 9.88. The second-order valence-corrected chi connectivity index (χ2v) is 4.55. The number of hydrogen-bond donors (Lipinski definition) is 1. The van der Waals surface area contributed by atoms with Gasteiger partial charge in [0.15, 0.2) is 0 Å². The molecule has 0 heterocycles. The van der Waals surface area contributed by atoms with Gasteiger partial charge in [0.25, 0.3) is 0 Å². The lowest BCUT2D eigenvalue weighted by Crippen LogP contribution is -2.27. The fourth-order valence-corrected chi connectivity index (χ4v) is 2.04. The Labute approximate surface area is 94.8 Å². The molecule has 1 aromatic rings. The smallest absolute Gasteiger partial charge is 0.0175 e. The molecule has 2 N–H and O–H groups in total. The summed E-state index contributed by atoms with van der Waals surface area (Å²) < 4.78 is 1.13. The van der Waals surface area contributed by atoms with Crippen LogP contribution < -0.4 is 5.73 Å². The van der Waals surface area contributed by atoms with Gasteiger partial charge in [-0.2, -0.15) is 0 Å². The Balaban J connectivity index is 2.84. The molecule has 0 aliphatic heterocycles. The fraction of sp³-hybridized carbons (Fsp3) is 0.500. The third-order valence-corrected chi connectivity index (χ3v) is 3.25. The third kappa shape index (κ3) is 2.82. The lowest BCUT2D eigenvalue weighted by molar-refractivity contribution is 0.505. The number of halogens is 1. The van der Waals surface area contributed by atoms with E-state index in [4.69, 9.17) is 5.73 Å². The fourth-order valence-electron chi connectivity index (χ4n) is 1.78. The van der Waals surface area contributed by atoms with E-state index in [1.54, 1.807) is 0 Å². The zero-order valence-corrected chi connectivity index (χ0v) is 10.4. The van der Waals surface area contributed by atoms with Crippen molar-refractivity contribution in [1.82, 2.24) is 0 Å². The van der Waals surface area contributed by atoms with Crippen molar-refractivity contribution in [3.63, 3.8) is 0 Å². The first kappa shape index (κ1) is 11.7. The summed E-state index contributed by atoms with van der Waals surface area (Å²) in [5, 5.41) is 0. The summed E-state index contributed by atoms with van der Waals surface area (Å²) in [6.45, 7) is 4.34. The van der Waals surface area contributed by atoms with E-state index in [1.807, 2.05) is 0 Å². The van der Waals surface area contributed by atoms with E-state index in [0.717, 1.165) is 17.3 Å². The monoisotopic (exact) mass is 255 g/mol. The maximum atomic E-state index is 6.09. The van der Waals surface area contributed by atoms with Gasteiger partial charge in [0.05, 0.1) is 0 Å². The Morgan fingerprint density at radius 1 is 1.14 bits per heavy atom. The molecule has 2 unspecified atom stereocenters. The van der Waals surface area contributed by atoms with E-state index < -0.39 is 0 Å². The number of rotatable bonds is 4. The highest BCUT2D eigenvalue weighted by Crippen LogP contribution is 2.25. The van der Waals surface area contributed by atoms with Crippen molar-refractivity contribution in [2.45, 2.75) is 38.6 Å². The largest absolute Gasteiger partial charge is 0.327 e. The molecule has 1 aromatic carbocycles. The molecule has 1 nitrogen and oxygen atoms in total. The van der Waals surface area contributed by atoms with Crippen molar-refractivity contribution in [2.24, 2.45) is 5.73 Å². The van der Waals surface area contributed by atoms with Gasteiger partial charge in [0.1, 0.15) is 0 Å². The molecule has 0 saturated heterocycles. The van der Waals surface area contributed by atoms with Crippen LogP contribution in [0.3, 0.4) is 0 Å². The van der Waals surface area contributed by atoms with Gasteiger partial charge in [-0.3, -0.25) is 0 Å². The van der Waals surface area contributed by atoms with E-state index in [1.165, 1.54) is 5.56 Å². The van der Waals surface area contributed by atoms with E-state index in [-0.39, 0.29) is 6.04 Å². The average molecular weight is 256 g/mol. The molecule has 2 atom stereocenters. The van der Waals surface area contributed by atoms with Crippen molar-refractivity contribution >= 4 is 15.9 Å². The van der Waals surface area contributed by atoms with Crippen molar-refractivity contribution in [2.75, 3.05) is 0 Å². The average Bonchev–Trinajstić information content (AvgIpc) is 2.21. The SMILES string of the molecule is CCC(N)C(CC)c1ccc(Br)cc1. The predicted molar refractivity (Wildman–Crippen MR) is 65.4 cm³/mol. The van der Waals surface area contributed by atoms with Crippen LogP contribution in [0.4, 0.5) is 0 Å². The van der Waals surface area contributed by atoms with Gasteiger partial charge < -0.3 is 5.73 Å². The second kappa shape index (κ2) is 5.52. The Morgan fingerprint density at radius 3 is 2.14 bits per heavy atom. The molecule has 0 spiro atoms. The molecule has 0 fully saturated rings. The maximum absolute atomic E-state index is 6.09. The summed E-state index contributed by atoms with van der Waals surface area (Å²) in [6.07, 6.45) is 2.14. The van der Waals surface area contributed by atoms with Crippen LogP contribution in [0, 0.1) is 0 Å². The van der Waals surface area contributed by atoms with Crippen LogP contribution in [0.2, 0.25) is 0 Å². The van der Waals surface area contributed by atoms with Crippen LogP contribution in [0.5, 0.6) is 0 Å². The van der Waals surface area contributed by atoms with Crippen molar-refractivity contribution in [3.05, 3.63) is 34.3 Å². The molecule has 0 aliphatic rings. The molecule has 2 heteroatoms. The van der Waals surface area contributed by atoms with Gasteiger partial charge in [0.2, 0.25) is 0 Å². The molecule has 0 aromatic heterocycles. The van der Waals surface area contributed by atoms with Crippen LogP contribution in [0.15, 0.2) is 28.7 Å². The molecule has 0 aliphatic carbocycles. The van der Waals surface area contributed by atoms with Crippen LogP contribution in [-0.4, -0.2) is 6.04 Å². The molecule has 0 saturated carbocycles. The highest BCUT2D eigenvalue weighted by molar-refractivity contribution is 9.10. The minimum Gasteiger partial charge on any atom is -0.327 e. The Hall–Kier alpha value is -0.340. The first-order valence-electron chi connectivity index (χ1n) is 5.20. The van der Waals surface area contributed by atoms with Gasteiger partial charge in [-0.05, 0) is 36.5 Å². The van der Waals surface area contributed by atoms with E-state index in [2.05, 4.69) is 54.0 Å². The second-order valence-electron chi connectivity index (χ2n) is 3.64. The molecule has 0 amide bonds. The first-order chi connectivity index (χ1) is 6.69. The van der Waals surface area contributed by atoms with Crippen molar-refractivity contribution in [3.8, 4) is 0 Å². The highest BCUT2D eigenvalue weighted by Gasteiger charge is 2.15. The molecule has 0 bridgehead atoms. The van der Waals surface area contributed by atoms with Crippen LogP contribution in [0.25, 0.3) is 0 Å². The van der Waals surface area contributed by atoms with E-state index in [0.29, 0.717) is 5.92 Å². The standard InChI is InChI=1S/C12H18BrN/c1-3-11(12(14)4-2)9-5-7-10(13)8-6-9/h5-8,11-12H,3-4,14H2,1-2H3. The number of benzene rings is 1. The van der Waals surface area contributed by atoms with Crippen molar-refractivity contribution in [1.29, 1.82) is 0 Å². The van der Waals surface area contributed by atoms with Crippen LogP contribution >= 0.6 is 15.9 Å². The predicted octanol–water partition coefficient (Wildman–Crippen LogP) is 3.68. The molecule has 14 heavy (non-hydrogen) atoms. The van der Waals surface area contributed by atoms with Gasteiger partial charge in [-0.25, -0.2) is 0 Å². The lowest BCUT2D eigenvalue weighted by Gasteiger charge is -2.21. The number of hydrogen-bond acceptors (Lipinski definition) is 1. The normalized spacial score (nSPS) is 15.1. The minimum absolute atomic E-state index is 0.279. The zero-order valence-electron chi connectivity index (χ0n) is 8.83. The molecule has 1 rings (SSSR count). The Kier molecular flexibility index (Phi) is 4.63. The summed E-state index contributed by atoms with van der Waals surface area (Å²) in [5.41, 5.74) is 7.44. The summed E-state index contributed by atoms with van der Waals surface area (Å²) in [4.78, 5) is 0. The van der Waals surface area contributed by atoms with E-state index >= 15 is 0 Å². The third-order valence-electron chi connectivity index (χ3n) is 2.73. The van der Waals surface area contributed by atoms with E-state index in [9.17, 15) is 0 Å². The highest BCUT2D eigenvalue weighted by atomic mass is 79.9. The maximum Gasteiger partial charge on any atom is 0.0175 e. The topological polar surface area (TPSA) is 26.0 Å². The van der Waals surface area contributed by atoms with Gasteiger partial charge in [-0.15, -0.1) is 0 Å². The van der Waals surface area contributed by atoms with Gasteiger partial charge in [0, 0.05) is 10.5 Å². The number of nitrogens with two attached hydrogens (primary N) is 1. The minimum atomic E-state index is 0.279. The zero-order chi connectivity index (χ0) is 10.6. The Morgan fingerprint density at radius 2 is 1.71 bits per heavy atom. The molecular weight excluding hydrogens is 238 g/mol. The Bertz CT molecular complexity index is 268. The summed E-state index contributed by atoms with van der Waals surface area (Å²) in [7, 11) is 0. The van der Waals surface area contributed by atoms with Crippen molar-refractivity contribution < 1.29 is 0 Å². The van der Waals surface area contributed by atoms with Gasteiger partial charge >= 0.3 is 0 Å². The van der Waals surface area contributed by atoms with Gasteiger partial charge in [-0.1, -0.05) is 41.9 Å². The van der Waals surface area contributed by atoms with Crippen LogP contribution in [-0.2, 0) is 0 Å². The van der Waals surface area contributed by atoms with Crippen LogP contribution in [0.1, 0.15) is 38.2 Å². The summed E-state index contributed by atoms with van der Waals surface area (Å²) in [5.74, 6) is 0.494. The summed E-state index contributed by atoms with van der Waals surface area (Å²) in [6, 6.07) is 8.77. The quantitative estimate of drug-likeness (QED) is 0.873. The molecule has 78 valence electrons. The molecular formula is C12H18BrN. The summed E-state index contributed by atoms with van der Waals surface area (Å²) >= 11 is 3.44. The molecule has 0 radical (unpaired) electrons.